The van der Waals surface area contributed by atoms with E-state index in [0.29, 0.717) is 31.8 Å². The molecule has 0 aliphatic rings. The molecule has 1 aromatic heterocycles. The highest BCUT2D eigenvalue weighted by Gasteiger charge is 2.28. The smallest absolute Gasteiger partial charge is 0.407 e. The topological polar surface area (TPSA) is 167 Å². The molecule has 0 aliphatic heterocycles. The molecule has 2 aromatic carbocycles. The second kappa shape index (κ2) is 14.9. The van der Waals surface area contributed by atoms with Gasteiger partial charge in [-0.2, -0.15) is 0 Å². The largest absolute Gasteiger partial charge is 0.448 e. The minimum absolute atomic E-state index is 0.0121. The summed E-state index contributed by atoms with van der Waals surface area (Å²) in [6.45, 7) is 4.24. The Labute approximate surface area is 227 Å². The standard InChI is InChI=1S/C27H37N7O5/c1-27(2,28)25(36)30-23(19-38-18-21-12-6-7-13-22(21)20-10-4-3-5-11-20)24-31-32-33-34(24)15-17-39-26(37)29-14-8-9-16-35/h3-7,10-13,23,35H,8-9,14-19,28H2,1-2H3,(H,29,37)(H,30,36)/t23-/m1/s1. The number of tetrazole rings is 1. The molecule has 0 saturated heterocycles. The molecule has 0 bridgehead atoms. The summed E-state index contributed by atoms with van der Waals surface area (Å²) in [5, 5.41) is 26.1. The highest BCUT2D eigenvalue weighted by atomic mass is 16.5. The summed E-state index contributed by atoms with van der Waals surface area (Å²) >= 11 is 0. The van der Waals surface area contributed by atoms with Crippen molar-refractivity contribution in [1.29, 1.82) is 0 Å². The fourth-order valence-corrected chi connectivity index (χ4v) is 3.68. The van der Waals surface area contributed by atoms with Crippen LogP contribution in [0.4, 0.5) is 4.79 Å². The Hall–Kier alpha value is -3.87. The highest BCUT2D eigenvalue weighted by Crippen LogP contribution is 2.24. The maximum absolute atomic E-state index is 12.7. The zero-order chi connectivity index (χ0) is 28.1. The number of alkyl carbamates (subject to hydrolysis) is 1. The molecule has 210 valence electrons. The first-order valence-corrected chi connectivity index (χ1v) is 12.9. The minimum Gasteiger partial charge on any atom is -0.448 e. The molecule has 12 heteroatoms. The molecule has 0 unspecified atom stereocenters. The van der Waals surface area contributed by atoms with E-state index in [-0.39, 0.29) is 26.4 Å². The van der Waals surface area contributed by atoms with Gasteiger partial charge in [-0.3, -0.25) is 4.79 Å². The number of aliphatic hydroxyl groups is 1. The van der Waals surface area contributed by atoms with Gasteiger partial charge in [-0.25, -0.2) is 9.48 Å². The average Bonchev–Trinajstić information content (AvgIpc) is 3.39. The SMILES string of the molecule is CC(C)(N)C(=O)N[C@H](COCc1ccccc1-c1ccccc1)c1nnnn1CCOC(=O)NCCCCO. The lowest BCUT2D eigenvalue weighted by Crippen LogP contribution is -2.51. The van der Waals surface area contributed by atoms with Gasteiger partial charge in [0.1, 0.15) is 12.6 Å². The van der Waals surface area contributed by atoms with Gasteiger partial charge in [0.25, 0.3) is 0 Å². The van der Waals surface area contributed by atoms with Gasteiger partial charge in [-0.15, -0.1) is 5.10 Å². The number of ether oxygens (including phenoxy) is 2. The molecule has 0 fully saturated rings. The third kappa shape index (κ3) is 9.43. The van der Waals surface area contributed by atoms with E-state index in [1.807, 2.05) is 54.6 Å². The third-order valence-electron chi connectivity index (χ3n) is 5.80. The summed E-state index contributed by atoms with van der Waals surface area (Å²) in [5.74, 6) is -0.0512. The maximum atomic E-state index is 12.7. The van der Waals surface area contributed by atoms with E-state index in [9.17, 15) is 9.59 Å². The molecule has 0 spiro atoms. The summed E-state index contributed by atoms with van der Waals surface area (Å²) < 4.78 is 12.7. The van der Waals surface area contributed by atoms with Crippen LogP contribution < -0.4 is 16.4 Å². The summed E-state index contributed by atoms with van der Waals surface area (Å²) in [6, 6.07) is 17.3. The Kier molecular flexibility index (Phi) is 11.3. The molecule has 0 saturated carbocycles. The minimum atomic E-state index is -1.13. The molecule has 39 heavy (non-hydrogen) atoms. The zero-order valence-corrected chi connectivity index (χ0v) is 22.4. The second-order valence-corrected chi connectivity index (χ2v) is 9.54. The zero-order valence-electron chi connectivity index (χ0n) is 22.4. The van der Waals surface area contributed by atoms with E-state index >= 15 is 0 Å². The lowest BCUT2D eigenvalue weighted by Gasteiger charge is -2.24. The van der Waals surface area contributed by atoms with Gasteiger partial charge in [-0.1, -0.05) is 54.6 Å². The van der Waals surface area contributed by atoms with Crippen molar-refractivity contribution in [2.75, 3.05) is 26.4 Å². The van der Waals surface area contributed by atoms with Crippen LogP contribution in [0, 0.1) is 0 Å². The highest BCUT2D eigenvalue weighted by molar-refractivity contribution is 5.85. The van der Waals surface area contributed by atoms with E-state index in [1.54, 1.807) is 13.8 Å². The number of hydrogen-bond acceptors (Lipinski definition) is 9. The van der Waals surface area contributed by atoms with Crippen LogP contribution in [-0.2, 0) is 27.4 Å². The molecule has 1 atom stereocenters. The van der Waals surface area contributed by atoms with Crippen molar-refractivity contribution in [3.8, 4) is 11.1 Å². The van der Waals surface area contributed by atoms with Crippen LogP contribution in [0.25, 0.3) is 11.1 Å². The predicted molar refractivity (Wildman–Crippen MR) is 144 cm³/mol. The Balaban J connectivity index is 1.65. The monoisotopic (exact) mass is 539 g/mol. The third-order valence-corrected chi connectivity index (χ3v) is 5.80. The Bertz CT molecular complexity index is 1180. The number of hydrogen-bond donors (Lipinski definition) is 4. The fraction of sp³-hybridized carbons (Fsp3) is 0.444. The predicted octanol–water partition coefficient (Wildman–Crippen LogP) is 1.95. The number of carbonyl (C=O) groups excluding carboxylic acids is 2. The summed E-state index contributed by atoms with van der Waals surface area (Å²) in [7, 11) is 0. The number of nitrogens with zero attached hydrogens (tertiary/aromatic N) is 4. The molecule has 5 N–H and O–H groups in total. The van der Waals surface area contributed by atoms with Gasteiger partial charge >= 0.3 is 6.09 Å². The molecule has 0 aliphatic carbocycles. The number of nitrogens with one attached hydrogen (secondary N) is 2. The summed E-state index contributed by atoms with van der Waals surface area (Å²) in [4.78, 5) is 24.6. The van der Waals surface area contributed by atoms with Crippen molar-refractivity contribution >= 4 is 12.0 Å². The number of benzene rings is 2. The molecular weight excluding hydrogens is 502 g/mol. The van der Waals surface area contributed by atoms with E-state index in [1.165, 1.54) is 4.68 Å². The van der Waals surface area contributed by atoms with Crippen molar-refractivity contribution in [3.05, 3.63) is 66.0 Å². The van der Waals surface area contributed by atoms with Gasteiger partial charge < -0.3 is 30.9 Å². The van der Waals surface area contributed by atoms with Crippen molar-refractivity contribution < 1.29 is 24.2 Å². The summed E-state index contributed by atoms with van der Waals surface area (Å²) in [5.41, 5.74) is 8.00. The van der Waals surface area contributed by atoms with E-state index in [4.69, 9.17) is 20.3 Å². The maximum Gasteiger partial charge on any atom is 0.407 e. The van der Waals surface area contributed by atoms with Crippen LogP contribution in [-0.4, -0.2) is 69.2 Å². The molecule has 2 amide bonds. The Morgan fingerprint density at radius 3 is 2.59 bits per heavy atom. The van der Waals surface area contributed by atoms with E-state index < -0.39 is 23.6 Å². The molecule has 1 heterocycles. The number of nitrogens with two attached hydrogens (primary N) is 1. The molecule has 12 nitrogen and oxygen atoms in total. The Morgan fingerprint density at radius 1 is 1.10 bits per heavy atom. The first-order valence-electron chi connectivity index (χ1n) is 12.9. The van der Waals surface area contributed by atoms with E-state index in [2.05, 4.69) is 26.2 Å². The lowest BCUT2D eigenvalue weighted by atomic mass is 10.0. The first-order chi connectivity index (χ1) is 18.8. The number of aromatic nitrogens is 4. The van der Waals surface area contributed by atoms with Gasteiger partial charge in [0, 0.05) is 13.2 Å². The van der Waals surface area contributed by atoms with Crippen molar-refractivity contribution in [1.82, 2.24) is 30.8 Å². The fourth-order valence-electron chi connectivity index (χ4n) is 3.68. The van der Waals surface area contributed by atoms with Gasteiger partial charge in [-0.05, 0) is 53.8 Å². The molecule has 0 radical (unpaired) electrons. The van der Waals surface area contributed by atoms with Gasteiger partial charge in [0.2, 0.25) is 5.91 Å². The van der Waals surface area contributed by atoms with Crippen molar-refractivity contribution in [2.45, 2.75) is 51.4 Å². The van der Waals surface area contributed by atoms with Gasteiger partial charge in [0.15, 0.2) is 5.82 Å². The second-order valence-electron chi connectivity index (χ2n) is 9.54. The first kappa shape index (κ1) is 29.7. The number of carbonyl (C=O) groups is 2. The normalized spacial score (nSPS) is 12.1. The van der Waals surface area contributed by atoms with Gasteiger partial charge in [0.05, 0.1) is 25.3 Å². The molecule has 3 aromatic rings. The lowest BCUT2D eigenvalue weighted by molar-refractivity contribution is -0.126. The van der Waals surface area contributed by atoms with E-state index in [0.717, 1.165) is 16.7 Å². The number of rotatable bonds is 15. The average molecular weight is 540 g/mol. The molecular formula is C27H37N7O5. The van der Waals surface area contributed by atoms with Crippen molar-refractivity contribution in [3.63, 3.8) is 0 Å². The van der Waals surface area contributed by atoms with Crippen LogP contribution in [0.1, 0.15) is 44.1 Å². The molecule has 3 rings (SSSR count). The Morgan fingerprint density at radius 2 is 1.85 bits per heavy atom. The van der Waals surface area contributed by atoms with Crippen LogP contribution in [0.3, 0.4) is 0 Å². The van der Waals surface area contributed by atoms with Crippen LogP contribution in [0.15, 0.2) is 54.6 Å². The van der Waals surface area contributed by atoms with Crippen LogP contribution in [0.2, 0.25) is 0 Å². The van der Waals surface area contributed by atoms with Crippen LogP contribution >= 0.6 is 0 Å². The summed E-state index contributed by atoms with van der Waals surface area (Å²) in [6.07, 6.45) is 0.677. The number of amides is 2. The van der Waals surface area contributed by atoms with Crippen molar-refractivity contribution in [2.24, 2.45) is 5.73 Å². The van der Waals surface area contributed by atoms with Crippen LogP contribution in [0.5, 0.6) is 0 Å². The number of aliphatic hydroxyl groups excluding tert-OH is 1. The quantitative estimate of drug-likeness (QED) is 0.211. The number of unbranched alkanes of at least 4 members (excludes halogenated alkanes) is 1.